The standard InChI is InChI=1S/4C24H30/c4*1-15-13-19-9-5-7-11-21(19)23(17(15)3)24-18(4)16(2)14-20-10-6-8-12-22(20)24/h4*13-14H,5-12H2,1-4H3. The topological polar surface area (TPSA) is 0 Å². The molecule has 0 N–H and O–H groups in total. The van der Waals surface area contributed by atoms with Crippen molar-refractivity contribution in [2.24, 2.45) is 0 Å². The third kappa shape index (κ3) is 13.0. The lowest BCUT2D eigenvalue weighted by molar-refractivity contribution is 0.679. The Kier molecular flexibility index (Phi) is 20.6. The van der Waals surface area contributed by atoms with E-state index in [4.69, 9.17) is 0 Å². The Labute approximate surface area is 583 Å². The monoisotopic (exact) mass is 1270 g/mol. The quantitative estimate of drug-likeness (QED) is 0.165. The molecule has 0 fully saturated rings. The van der Waals surface area contributed by atoms with Crippen molar-refractivity contribution in [1.29, 1.82) is 0 Å². The van der Waals surface area contributed by atoms with Gasteiger partial charge in [0.15, 0.2) is 0 Å². The SMILES string of the molecule is Cc1cc2c(c(-c3c(C)c(C)cc4c3CCCC4)c1C)CCCC2.Cc1cc2c(c(-c3c(C)c(C)cc4c3CCCC4)c1C)CCCC2.Cc1cc2c(c(-c3c(C)c(C)cc4c3CCCC4)c1C)CCCC2.Cc1cc2c(c(-c3c(C)c(C)cc4c3CCCC4)c1C)CCCC2. The van der Waals surface area contributed by atoms with Crippen LogP contribution in [0.3, 0.4) is 0 Å². The smallest absolute Gasteiger partial charge is 0.0112 e. The number of aryl methyl sites for hydroxylation is 16. The fraction of sp³-hybridized carbons (Fsp3) is 0.500. The summed E-state index contributed by atoms with van der Waals surface area (Å²) in [7, 11) is 0. The number of fused-ring (bicyclic) bond motifs is 8. The molecule has 0 atom stereocenters. The highest BCUT2D eigenvalue weighted by Crippen LogP contribution is 2.48. The Morgan fingerprint density at radius 1 is 0.135 bits per heavy atom. The molecule has 8 aromatic carbocycles. The first-order valence-corrected chi connectivity index (χ1v) is 39.3. The van der Waals surface area contributed by atoms with Crippen molar-refractivity contribution in [1.82, 2.24) is 0 Å². The molecular formula is C96H120. The normalized spacial score (nSPS) is 16.7. The zero-order valence-electron chi connectivity index (χ0n) is 63.2. The van der Waals surface area contributed by atoms with E-state index in [9.17, 15) is 0 Å². The molecule has 0 heteroatoms. The van der Waals surface area contributed by atoms with E-state index in [-0.39, 0.29) is 0 Å². The van der Waals surface area contributed by atoms with Gasteiger partial charge in [0, 0.05) is 0 Å². The third-order valence-electron chi connectivity index (χ3n) is 26.4. The van der Waals surface area contributed by atoms with Crippen LogP contribution in [-0.4, -0.2) is 0 Å². The molecule has 504 valence electrons. The maximum absolute atomic E-state index is 2.48. The molecule has 0 saturated carbocycles. The van der Waals surface area contributed by atoms with Crippen LogP contribution in [0.25, 0.3) is 44.5 Å². The predicted molar refractivity (Wildman–Crippen MR) is 416 cm³/mol. The van der Waals surface area contributed by atoms with Gasteiger partial charge in [-0.1, -0.05) is 48.5 Å². The Balaban J connectivity index is 0.000000116. The average molecular weight is 1270 g/mol. The molecule has 8 aliphatic carbocycles. The maximum atomic E-state index is 2.48. The highest BCUT2D eigenvalue weighted by molar-refractivity contribution is 5.85. The molecule has 0 bridgehead atoms. The van der Waals surface area contributed by atoms with E-state index in [1.54, 1.807) is 134 Å². The second-order valence-electron chi connectivity index (χ2n) is 32.3. The highest BCUT2D eigenvalue weighted by atomic mass is 14.3. The van der Waals surface area contributed by atoms with Gasteiger partial charge in [-0.15, -0.1) is 0 Å². The molecule has 0 nitrogen and oxygen atoms in total. The Hall–Kier alpha value is -6.24. The maximum Gasteiger partial charge on any atom is -0.0112 e. The van der Waals surface area contributed by atoms with Gasteiger partial charge in [0.25, 0.3) is 0 Å². The summed E-state index contributed by atoms with van der Waals surface area (Å²) in [4.78, 5) is 0. The summed E-state index contributed by atoms with van der Waals surface area (Å²) in [5, 5.41) is 0. The second-order valence-corrected chi connectivity index (χ2v) is 32.3. The summed E-state index contributed by atoms with van der Waals surface area (Å²) in [6, 6.07) is 19.8. The Bertz CT molecular complexity index is 3510. The van der Waals surface area contributed by atoms with E-state index < -0.39 is 0 Å². The molecule has 0 aliphatic heterocycles. The van der Waals surface area contributed by atoms with Crippen LogP contribution in [0.15, 0.2) is 48.5 Å². The lowest BCUT2D eigenvalue weighted by atomic mass is 9.76. The van der Waals surface area contributed by atoms with Crippen LogP contribution in [-0.2, 0) is 103 Å². The molecule has 0 amide bonds. The van der Waals surface area contributed by atoms with E-state index >= 15 is 0 Å². The van der Waals surface area contributed by atoms with Crippen LogP contribution in [0.1, 0.15) is 281 Å². The van der Waals surface area contributed by atoms with E-state index in [2.05, 4.69) is 159 Å². The van der Waals surface area contributed by atoms with E-state index in [0.29, 0.717) is 0 Å². The van der Waals surface area contributed by atoms with Crippen molar-refractivity contribution in [3.63, 3.8) is 0 Å². The summed E-state index contributed by atoms with van der Waals surface area (Å²) in [6.45, 7) is 37.3. The largest absolute Gasteiger partial charge is 0.0555 e. The molecule has 0 aromatic heterocycles. The van der Waals surface area contributed by atoms with E-state index in [1.807, 2.05) is 0 Å². The predicted octanol–water partition coefficient (Wildman–Crippen LogP) is 25.4. The van der Waals surface area contributed by atoms with Crippen molar-refractivity contribution >= 4 is 0 Å². The number of rotatable bonds is 4. The Morgan fingerprint density at radius 3 is 0.333 bits per heavy atom. The van der Waals surface area contributed by atoms with Gasteiger partial charge in [-0.25, -0.2) is 0 Å². The van der Waals surface area contributed by atoms with Crippen molar-refractivity contribution in [3.05, 3.63) is 227 Å². The van der Waals surface area contributed by atoms with Gasteiger partial charge >= 0.3 is 0 Å². The van der Waals surface area contributed by atoms with Crippen molar-refractivity contribution in [3.8, 4) is 44.5 Å². The molecule has 16 rings (SSSR count). The molecule has 8 aromatic rings. The summed E-state index contributed by atoms with van der Waals surface area (Å²) < 4.78 is 0. The molecular weight excluding hydrogens is 1150 g/mol. The van der Waals surface area contributed by atoms with E-state index in [1.165, 1.54) is 294 Å². The molecule has 0 heterocycles. The van der Waals surface area contributed by atoms with Crippen LogP contribution in [0.4, 0.5) is 0 Å². The minimum atomic E-state index is 1.27. The molecule has 96 heavy (non-hydrogen) atoms. The molecule has 8 aliphatic rings. The zero-order chi connectivity index (χ0) is 67.4. The van der Waals surface area contributed by atoms with E-state index in [0.717, 1.165) is 0 Å². The van der Waals surface area contributed by atoms with Gasteiger partial charge in [-0.05, 0) is 539 Å². The number of hydrogen-bond donors (Lipinski definition) is 0. The fourth-order valence-electron chi connectivity index (χ4n) is 20.0. The van der Waals surface area contributed by atoms with Crippen molar-refractivity contribution < 1.29 is 0 Å². The van der Waals surface area contributed by atoms with Crippen LogP contribution in [0.5, 0.6) is 0 Å². The minimum Gasteiger partial charge on any atom is -0.0555 e. The minimum absolute atomic E-state index is 1.27. The van der Waals surface area contributed by atoms with Gasteiger partial charge in [0.05, 0.1) is 0 Å². The van der Waals surface area contributed by atoms with Gasteiger partial charge in [0.2, 0.25) is 0 Å². The average Bonchev–Trinajstić information content (AvgIpc) is 0.771. The molecule has 0 saturated heterocycles. The van der Waals surface area contributed by atoms with Gasteiger partial charge in [-0.3, -0.25) is 0 Å². The Morgan fingerprint density at radius 2 is 0.229 bits per heavy atom. The van der Waals surface area contributed by atoms with Crippen molar-refractivity contribution in [2.75, 3.05) is 0 Å². The lowest BCUT2D eigenvalue weighted by Gasteiger charge is -2.29. The summed E-state index contributed by atoms with van der Waals surface area (Å²) in [5.41, 5.74) is 63.4. The number of benzene rings is 8. The summed E-state index contributed by atoms with van der Waals surface area (Å²) in [5.74, 6) is 0. The summed E-state index contributed by atoms with van der Waals surface area (Å²) >= 11 is 0. The van der Waals surface area contributed by atoms with Gasteiger partial charge in [0.1, 0.15) is 0 Å². The van der Waals surface area contributed by atoms with Crippen LogP contribution in [0.2, 0.25) is 0 Å². The molecule has 0 spiro atoms. The van der Waals surface area contributed by atoms with Crippen molar-refractivity contribution in [2.45, 2.75) is 316 Å². The first-order valence-electron chi connectivity index (χ1n) is 39.3. The van der Waals surface area contributed by atoms with Gasteiger partial charge in [-0.2, -0.15) is 0 Å². The zero-order valence-corrected chi connectivity index (χ0v) is 63.2. The molecule has 0 unspecified atom stereocenters. The van der Waals surface area contributed by atoms with Crippen LogP contribution < -0.4 is 0 Å². The van der Waals surface area contributed by atoms with Crippen LogP contribution >= 0.6 is 0 Å². The number of hydrogen-bond acceptors (Lipinski definition) is 0. The third-order valence-corrected chi connectivity index (χ3v) is 26.4. The molecule has 0 radical (unpaired) electrons. The highest BCUT2D eigenvalue weighted by Gasteiger charge is 2.30. The lowest BCUT2D eigenvalue weighted by Crippen LogP contribution is -2.12. The second kappa shape index (κ2) is 28.9. The van der Waals surface area contributed by atoms with Crippen LogP contribution in [0, 0.1) is 111 Å². The first-order chi connectivity index (χ1) is 46.3. The van der Waals surface area contributed by atoms with Gasteiger partial charge < -0.3 is 0 Å². The fourth-order valence-corrected chi connectivity index (χ4v) is 20.0. The summed E-state index contributed by atoms with van der Waals surface area (Å²) in [6.07, 6.45) is 42.1. The first kappa shape index (κ1) is 68.3.